The van der Waals surface area contributed by atoms with Gasteiger partial charge >= 0.3 is 0 Å². The summed E-state index contributed by atoms with van der Waals surface area (Å²) in [4.78, 5) is 24.6. The zero-order valence-corrected chi connectivity index (χ0v) is 19.8. The molecule has 0 spiro atoms. The molecule has 0 radical (unpaired) electrons. The van der Waals surface area contributed by atoms with Crippen molar-refractivity contribution < 1.29 is 9.59 Å². The molecule has 1 aromatic carbocycles. The van der Waals surface area contributed by atoms with Gasteiger partial charge in [0.1, 0.15) is 17.1 Å². The molecular weight excluding hydrogens is 430 g/mol. The molecule has 3 aromatic rings. The first-order valence-corrected chi connectivity index (χ1v) is 12.0. The second-order valence-corrected chi connectivity index (χ2v) is 9.33. The van der Waals surface area contributed by atoms with Crippen LogP contribution < -0.4 is 16.8 Å². The maximum absolute atomic E-state index is 12.6. The van der Waals surface area contributed by atoms with E-state index in [4.69, 9.17) is 11.5 Å². The molecule has 0 atom stereocenters. The highest BCUT2D eigenvalue weighted by Crippen LogP contribution is 2.32. The Morgan fingerprint density at radius 2 is 1.82 bits per heavy atom. The standard InChI is InChI=1S/C25H33N7O2/c1-15(2)32-24(26)22(25(27)34)23(31-32)18-11-9-16(10-12-18)13-21(33)28-20-14-19(29-30-20)17-7-5-3-4-6-8-17/h9-12,14-15,17H,3-8,13,26H2,1-2H3,(H2,27,34)(H2,28,29,30,33). The number of benzene rings is 1. The van der Waals surface area contributed by atoms with E-state index in [1.54, 1.807) is 4.68 Å². The summed E-state index contributed by atoms with van der Waals surface area (Å²) in [5.41, 5.74) is 15.0. The molecule has 1 saturated carbocycles. The molecule has 6 N–H and O–H groups in total. The summed E-state index contributed by atoms with van der Waals surface area (Å²) in [6.45, 7) is 3.86. The maximum atomic E-state index is 12.6. The topological polar surface area (TPSA) is 145 Å². The first kappa shape index (κ1) is 23.5. The van der Waals surface area contributed by atoms with Crippen molar-refractivity contribution in [3.05, 3.63) is 47.2 Å². The fraction of sp³-hybridized carbons (Fsp3) is 0.440. The van der Waals surface area contributed by atoms with Crippen LogP contribution in [0.1, 0.15) is 85.9 Å². The van der Waals surface area contributed by atoms with E-state index < -0.39 is 5.91 Å². The Labute approximate surface area is 199 Å². The highest BCUT2D eigenvalue weighted by atomic mass is 16.2. The highest BCUT2D eigenvalue weighted by molar-refractivity contribution is 6.03. The molecule has 0 unspecified atom stereocenters. The molecule has 1 aliphatic rings. The lowest BCUT2D eigenvalue weighted by atomic mass is 9.97. The number of primary amides is 1. The smallest absolute Gasteiger partial charge is 0.254 e. The van der Waals surface area contributed by atoms with Crippen molar-refractivity contribution in [2.24, 2.45) is 5.73 Å². The van der Waals surface area contributed by atoms with Crippen molar-refractivity contribution in [2.45, 2.75) is 70.8 Å². The lowest BCUT2D eigenvalue weighted by Gasteiger charge is -2.10. The zero-order chi connectivity index (χ0) is 24.2. The lowest BCUT2D eigenvalue weighted by molar-refractivity contribution is -0.115. The lowest BCUT2D eigenvalue weighted by Crippen LogP contribution is -2.15. The predicted molar refractivity (Wildman–Crippen MR) is 132 cm³/mol. The van der Waals surface area contributed by atoms with Crippen LogP contribution in [0.3, 0.4) is 0 Å². The third kappa shape index (κ3) is 5.13. The number of aromatic amines is 1. The average Bonchev–Trinajstić information content (AvgIpc) is 3.28. The Morgan fingerprint density at radius 1 is 1.15 bits per heavy atom. The fourth-order valence-corrected chi connectivity index (χ4v) is 4.64. The number of rotatable bonds is 7. The number of nitrogens with zero attached hydrogens (tertiary/aromatic N) is 3. The van der Waals surface area contributed by atoms with Gasteiger partial charge in [-0.25, -0.2) is 4.68 Å². The predicted octanol–water partition coefficient (Wildman–Crippen LogP) is 4.15. The van der Waals surface area contributed by atoms with Gasteiger partial charge in [0.2, 0.25) is 5.91 Å². The molecule has 34 heavy (non-hydrogen) atoms. The van der Waals surface area contributed by atoms with Crippen LogP contribution in [-0.2, 0) is 11.2 Å². The van der Waals surface area contributed by atoms with E-state index in [0.29, 0.717) is 23.0 Å². The van der Waals surface area contributed by atoms with E-state index in [0.717, 1.165) is 11.3 Å². The quantitative estimate of drug-likeness (QED) is 0.389. The van der Waals surface area contributed by atoms with Gasteiger partial charge in [0.15, 0.2) is 5.82 Å². The van der Waals surface area contributed by atoms with Gasteiger partial charge in [-0.2, -0.15) is 10.2 Å². The number of nitrogen functional groups attached to an aromatic ring is 1. The summed E-state index contributed by atoms with van der Waals surface area (Å²) in [5.74, 6) is 0.541. The van der Waals surface area contributed by atoms with Crippen LogP contribution in [0.4, 0.5) is 11.6 Å². The van der Waals surface area contributed by atoms with Crippen LogP contribution in [0, 0.1) is 0 Å². The number of hydrogen-bond donors (Lipinski definition) is 4. The SMILES string of the molecule is CC(C)n1nc(-c2ccc(CC(=O)Nc3cc(C4CCCCCC4)[nH]n3)cc2)c(C(N)=O)c1N. The van der Waals surface area contributed by atoms with Gasteiger partial charge in [0.25, 0.3) is 5.91 Å². The van der Waals surface area contributed by atoms with E-state index in [-0.39, 0.29) is 29.8 Å². The van der Waals surface area contributed by atoms with E-state index >= 15 is 0 Å². The first-order chi connectivity index (χ1) is 16.3. The highest BCUT2D eigenvalue weighted by Gasteiger charge is 2.23. The minimum Gasteiger partial charge on any atom is -0.383 e. The summed E-state index contributed by atoms with van der Waals surface area (Å²) in [5, 5.41) is 14.8. The number of H-pyrrole nitrogens is 1. The number of carbonyl (C=O) groups is 2. The Balaban J connectivity index is 1.42. The van der Waals surface area contributed by atoms with Crippen LogP contribution in [0.5, 0.6) is 0 Å². The van der Waals surface area contributed by atoms with E-state index in [2.05, 4.69) is 20.6 Å². The second kappa shape index (κ2) is 10.1. The van der Waals surface area contributed by atoms with Crippen molar-refractivity contribution in [1.29, 1.82) is 0 Å². The first-order valence-electron chi connectivity index (χ1n) is 12.0. The third-order valence-corrected chi connectivity index (χ3v) is 6.44. The molecule has 1 aliphatic carbocycles. The van der Waals surface area contributed by atoms with Gasteiger partial charge in [0.05, 0.1) is 6.42 Å². The molecule has 1 fully saturated rings. The van der Waals surface area contributed by atoms with Gasteiger partial charge < -0.3 is 16.8 Å². The molecule has 180 valence electrons. The minimum atomic E-state index is -0.620. The van der Waals surface area contributed by atoms with E-state index in [9.17, 15) is 9.59 Å². The molecule has 9 heteroatoms. The molecule has 2 aromatic heterocycles. The normalized spacial score (nSPS) is 14.8. The van der Waals surface area contributed by atoms with Crippen LogP contribution in [0.15, 0.2) is 30.3 Å². The fourth-order valence-electron chi connectivity index (χ4n) is 4.64. The molecule has 0 saturated heterocycles. The van der Waals surface area contributed by atoms with Gasteiger partial charge in [-0.15, -0.1) is 0 Å². The van der Waals surface area contributed by atoms with Gasteiger partial charge in [-0.05, 0) is 32.3 Å². The Hall–Kier alpha value is -3.62. The Morgan fingerprint density at radius 3 is 2.44 bits per heavy atom. The van der Waals surface area contributed by atoms with Crippen molar-refractivity contribution in [1.82, 2.24) is 20.0 Å². The van der Waals surface area contributed by atoms with Crippen molar-refractivity contribution in [3.8, 4) is 11.3 Å². The molecule has 0 aliphatic heterocycles. The summed E-state index contributed by atoms with van der Waals surface area (Å²) in [6.07, 6.45) is 7.62. The van der Waals surface area contributed by atoms with E-state index in [1.165, 1.54) is 38.5 Å². The second-order valence-electron chi connectivity index (χ2n) is 9.33. The minimum absolute atomic E-state index is 0.0140. The number of hydrogen-bond acceptors (Lipinski definition) is 5. The van der Waals surface area contributed by atoms with Gasteiger partial charge in [0, 0.05) is 29.3 Å². The van der Waals surface area contributed by atoms with Crippen LogP contribution in [-0.4, -0.2) is 31.8 Å². The number of amides is 2. The Kier molecular flexibility index (Phi) is 7.00. The maximum Gasteiger partial charge on any atom is 0.254 e. The molecular formula is C25H33N7O2. The monoisotopic (exact) mass is 463 g/mol. The van der Waals surface area contributed by atoms with Gasteiger partial charge in [-0.3, -0.25) is 14.7 Å². The van der Waals surface area contributed by atoms with Gasteiger partial charge in [-0.1, -0.05) is 49.9 Å². The molecule has 2 heterocycles. The number of anilines is 2. The van der Waals surface area contributed by atoms with E-state index in [1.807, 2.05) is 44.2 Å². The summed E-state index contributed by atoms with van der Waals surface area (Å²) >= 11 is 0. The number of carbonyl (C=O) groups excluding carboxylic acids is 2. The summed E-state index contributed by atoms with van der Waals surface area (Å²) < 4.78 is 1.59. The van der Waals surface area contributed by atoms with Crippen molar-refractivity contribution in [3.63, 3.8) is 0 Å². The summed E-state index contributed by atoms with van der Waals surface area (Å²) in [7, 11) is 0. The molecule has 9 nitrogen and oxygen atoms in total. The largest absolute Gasteiger partial charge is 0.383 e. The number of nitrogens with one attached hydrogen (secondary N) is 2. The van der Waals surface area contributed by atoms with Crippen LogP contribution in [0.25, 0.3) is 11.3 Å². The van der Waals surface area contributed by atoms with Crippen LogP contribution in [0.2, 0.25) is 0 Å². The zero-order valence-electron chi connectivity index (χ0n) is 19.8. The van der Waals surface area contributed by atoms with Crippen molar-refractivity contribution in [2.75, 3.05) is 11.1 Å². The summed E-state index contributed by atoms with van der Waals surface area (Å²) in [6, 6.07) is 9.26. The number of nitrogens with two attached hydrogens (primary N) is 2. The molecule has 2 amide bonds. The van der Waals surface area contributed by atoms with Crippen LogP contribution >= 0.6 is 0 Å². The molecule has 0 bridgehead atoms. The Bertz CT molecular complexity index is 1150. The van der Waals surface area contributed by atoms with Crippen molar-refractivity contribution >= 4 is 23.5 Å². The number of aromatic nitrogens is 4. The average molecular weight is 464 g/mol. The third-order valence-electron chi connectivity index (χ3n) is 6.44. The molecule has 4 rings (SSSR count).